The maximum atomic E-state index is 10.00. The summed E-state index contributed by atoms with van der Waals surface area (Å²) >= 11 is 0. The van der Waals surface area contributed by atoms with Gasteiger partial charge in [0.25, 0.3) is 0 Å². The van der Waals surface area contributed by atoms with Gasteiger partial charge in [-0.25, -0.2) is 0 Å². The van der Waals surface area contributed by atoms with Crippen LogP contribution in [0, 0.1) is 6.92 Å². The van der Waals surface area contributed by atoms with E-state index in [9.17, 15) is 5.11 Å². The van der Waals surface area contributed by atoms with E-state index in [0.717, 1.165) is 17.0 Å². The van der Waals surface area contributed by atoms with Crippen molar-refractivity contribution in [3.8, 4) is 34.0 Å². The van der Waals surface area contributed by atoms with E-state index < -0.39 is 0 Å². The zero-order chi connectivity index (χ0) is 14.8. The normalized spacial score (nSPS) is 10.6. The lowest BCUT2D eigenvalue weighted by atomic mass is 10.1. The van der Waals surface area contributed by atoms with Gasteiger partial charge in [-0.3, -0.25) is 5.10 Å². The van der Waals surface area contributed by atoms with Gasteiger partial charge >= 0.3 is 0 Å². The van der Waals surface area contributed by atoms with Gasteiger partial charge in [-0.2, -0.15) is 5.10 Å². The largest absolute Gasteiger partial charge is 0.507 e. The molecule has 0 aliphatic heterocycles. The number of nitrogens with zero attached hydrogens (tertiary/aromatic N) is 1. The van der Waals surface area contributed by atoms with Crippen molar-refractivity contribution >= 4 is 0 Å². The summed E-state index contributed by atoms with van der Waals surface area (Å²) in [5.41, 5.74) is 4.50. The van der Waals surface area contributed by atoms with Crippen LogP contribution in [0.5, 0.6) is 11.5 Å². The van der Waals surface area contributed by atoms with Crippen LogP contribution in [-0.2, 0) is 0 Å². The third kappa shape index (κ3) is 2.60. The highest BCUT2D eigenvalue weighted by Crippen LogP contribution is 2.33. The summed E-state index contributed by atoms with van der Waals surface area (Å²) in [5, 5.41) is 17.3. The van der Waals surface area contributed by atoms with Crippen LogP contribution in [0.2, 0.25) is 0 Å². The highest BCUT2D eigenvalue weighted by molar-refractivity contribution is 5.73. The van der Waals surface area contributed by atoms with Gasteiger partial charge in [0.15, 0.2) is 0 Å². The number of hydrogen-bond donors (Lipinski definition) is 2. The van der Waals surface area contributed by atoms with Crippen LogP contribution in [0.3, 0.4) is 0 Å². The van der Waals surface area contributed by atoms with Crippen LogP contribution in [0.1, 0.15) is 5.56 Å². The molecular weight excluding hydrogens is 264 g/mol. The number of benzene rings is 2. The summed E-state index contributed by atoms with van der Waals surface area (Å²) in [4.78, 5) is 0. The van der Waals surface area contributed by atoms with Gasteiger partial charge in [0.1, 0.15) is 11.5 Å². The van der Waals surface area contributed by atoms with Gasteiger partial charge in [-0.1, -0.05) is 29.8 Å². The monoisotopic (exact) mass is 280 g/mol. The Labute approximate surface area is 123 Å². The van der Waals surface area contributed by atoms with Crippen LogP contribution in [0.15, 0.2) is 48.5 Å². The second kappa shape index (κ2) is 5.32. The van der Waals surface area contributed by atoms with Crippen molar-refractivity contribution in [2.45, 2.75) is 6.92 Å². The molecule has 0 amide bonds. The smallest absolute Gasteiger partial charge is 0.125 e. The number of rotatable bonds is 3. The number of nitrogens with one attached hydrogen (secondary N) is 1. The molecule has 21 heavy (non-hydrogen) atoms. The molecule has 4 heteroatoms. The standard InChI is InChI=1S/C17H16N2O2/c1-11-3-5-12(6-4-11)15-10-16(19-18-15)14-9-13(21-2)7-8-17(14)20/h3-10,20H,1-2H3,(H,18,19). The maximum Gasteiger partial charge on any atom is 0.125 e. The minimum atomic E-state index is 0.190. The van der Waals surface area contributed by atoms with Crippen molar-refractivity contribution in [1.29, 1.82) is 0 Å². The predicted octanol–water partition coefficient (Wildman–Crippen LogP) is 3.77. The van der Waals surface area contributed by atoms with Gasteiger partial charge < -0.3 is 9.84 Å². The van der Waals surface area contributed by atoms with E-state index in [1.54, 1.807) is 25.3 Å². The third-order valence-corrected chi connectivity index (χ3v) is 3.42. The van der Waals surface area contributed by atoms with Crippen LogP contribution < -0.4 is 4.74 Å². The van der Waals surface area contributed by atoms with Gasteiger partial charge in [0.05, 0.1) is 18.5 Å². The molecule has 0 aliphatic rings. The number of H-pyrrole nitrogens is 1. The molecule has 0 saturated carbocycles. The molecule has 0 radical (unpaired) electrons. The van der Waals surface area contributed by atoms with E-state index in [0.29, 0.717) is 11.3 Å². The molecule has 1 heterocycles. The Balaban J connectivity index is 2.00. The molecule has 1 aromatic heterocycles. The number of phenols is 1. The average Bonchev–Trinajstić information content (AvgIpc) is 2.98. The summed E-state index contributed by atoms with van der Waals surface area (Å²) in [6.07, 6.45) is 0. The molecule has 0 atom stereocenters. The molecule has 0 saturated heterocycles. The second-order valence-corrected chi connectivity index (χ2v) is 4.92. The Hall–Kier alpha value is -2.75. The fourth-order valence-corrected chi connectivity index (χ4v) is 2.19. The number of aromatic amines is 1. The van der Waals surface area contributed by atoms with Gasteiger partial charge in [-0.15, -0.1) is 0 Å². The molecule has 0 spiro atoms. The maximum absolute atomic E-state index is 10.00. The van der Waals surface area contributed by atoms with Gasteiger partial charge in [0, 0.05) is 11.1 Å². The molecule has 106 valence electrons. The summed E-state index contributed by atoms with van der Waals surface area (Å²) in [5.74, 6) is 0.879. The molecule has 3 rings (SSSR count). The van der Waals surface area contributed by atoms with Crippen molar-refractivity contribution in [1.82, 2.24) is 10.2 Å². The Morgan fingerprint density at radius 3 is 2.52 bits per heavy atom. The van der Waals surface area contributed by atoms with Crippen molar-refractivity contribution in [2.24, 2.45) is 0 Å². The number of hydrogen-bond acceptors (Lipinski definition) is 3. The second-order valence-electron chi connectivity index (χ2n) is 4.92. The van der Waals surface area contributed by atoms with E-state index in [1.807, 2.05) is 37.3 Å². The Bertz CT molecular complexity index is 761. The number of phenolic OH excluding ortho intramolecular Hbond substituents is 1. The molecule has 2 N–H and O–H groups in total. The lowest BCUT2D eigenvalue weighted by Crippen LogP contribution is -1.85. The summed E-state index contributed by atoms with van der Waals surface area (Å²) in [6, 6.07) is 15.2. The zero-order valence-electron chi connectivity index (χ0n) is 11.9. The Morgan fingerprint density at radius 1 is 1.05 bits per heavy atom. The number of aromatic nitrogens is 2. The fraction of sp³-hybridized carbons (Fsp3) is 0.118. The molecule has 0 fully saturated rings. The Kier molecular flexibility index (Phi) is 3.36. The minimum absolute atomic E-state index is 0.190. The SMILES string of the molecule is COc1ccc(O)c(-c2cc(-c3ccc(C)cc3)n[nH]2)c1. The van der Waals surface area contributed by atoms with Crippen molar-refractivity contribution in [3.63, 3.8) is 0 Å². The van der Waals surface area contributed by atoms with Crippen LogP contribution in [-0.4, -0.2) is 22.4 Å². The first-order valence-electron chi connectivity index (χ1n) is 6.67. The van der Waals surface area contributed by atoms with E-state index in [-0.39, 0.29) is 5.75 Å². The summed E-state index contributed by atoms with van der Waals surface area (Å²) in [6.45, 7) is 2.05. The highest BCUT2D eigenvalue weighted by atomic mass is 16.5. The summed E-state index contributed by atoms with van der Waals surface area (Å²) in [7, 11) is 1.60. The van der Waals surface area contributed by atoms with Crippen molar-refractivity contribution in [2.75, 3.05) is 7.11 Å². The van der Waals surface area contributed by atoms with E-state index in [2.05, 4.69) is 10.2 Å². The van der Waals surface area contributed by atoms with Crippen LogP contribution in [0.4, 0.5) is 0 Å². The molecule has 0 unspecified atom stereocenters. The lowest BCUT2D eigenvalue weighted by molar-refractivity contribution is 0.412. The van der Waals surface area contributed by atoms with Crippen molar-refractivity contribution in [3.05, 3.63) is 54.1 Å². The molecule has 0 aliphatic carbocycles. The fourth-order valence-electron chi connectivity index (χ4n) is 2.19. The molecule has 2 aromatic carbocycles. The van der Waals surface area contributed by atoms with E-state index in [4.69, 9.17) is 4.74 Å². The first-order chi connectivity index (χ1) is 10.2. The van der Waals surface area contributed by atoms with E-state index >= 15 is 0 Å². The minimum Gasteiger partial charge on any atom is -0.507 e. The zero-order valence-corrected chi connectivity index (χ0v) is 11.9. The predicted molar refractivity (Wildman–Crippen MR) is 82.4 cm³/mol. The van der Waals surface area contributed by atoms with E-state index in [1.165, 1.54) is 5.56 Å². The topological polar surface area (TPSA) is 58.1 Å². The molecule has 4 nitrogen and oxygen atoms in total. The molecular formula is C17H16N2O2. The summed E-state index contributed by atoms with van der Waals surface area (Å²) < 4.78 is 5.19. The number of aryl methyl sites for hydroxylation is 1. The van der Waals surface area contributed by atoms with Crippen LogP contribution in [0.25, 0.3) is 22.5 Å². The van der Waals surface area contributed by atoms with Crippen molar-refractivity contribution < 1.29 is 9.84 Å². The average molecular weight is 280 g/mol. The molecule has 0 bridgehead atoms. The van der Waals surface area contributed by atoms with Crippen LogP contribution >= 0.6 is 0 Å². The highest BCUT2D eigenvalue weighted by Gasteiger charge is 2.10. The van der Waals surface area contributed by atoms with Gasteiger partial charge in [0.2, 0.25) is 0 Å². The number of ether oxygens (including phenoxy) is 1. The quantitative estimate of drug-likeness (QED) is 0.768. The number of aromatic hydroxyl groups is 1. The number of methoxy groups -OCH3 is 1. The first kappa shape index (κ1) is 13.2. The lowest BCUT2D eigenvalue weighted by Gasteiger charge is -2.04. The third-order valence-electron chi connectivity index (χ3n) is 3.42. The Morgan fingerprint density at radius 2 is 1.81 bits per heavy atom. The molecule has 3 aromatic rings. The first-order valence-corrected chi connectivity index (χ1v) is 6.67. The van der Waals surface area contributed by atoms with Gasteiger partial charge in [-0.05, 0) is 31.2 Å².